The summed E-state index contributed by atoms with van der Waals surface area (Å²) in [6, 6.07) is 14.5. The van der Waals surface area contributed by atoms with Crippen molar-refractivity contribution in [2.24, 2.45) is 0 Å². The van der Waals surface area contributed by atoms with Crippen LogP contribution < -0.4 is 9.47 Å². The van der Waals surface area contributed by atoms with Gasteiger partial charge in [-0.05, 0) is 17.7 Å². The average molecular weight is 471 g/mol. The number of piperazine rings is 1. The first-order valence-electron chi connectivity index (χ1n) is 10.5. The summed E-state index contributed by atoms with van der Waals surface area (Å²) in [6.07, 6.45) is 3.27. The number of carbonyl (C=O) groups is 1. The molecule has 1 fully saturated rings. The van der Waals surface area contributed by atoms with Gasteiger partial charge in [-0.25, -0.2) is 8.42 Å². The van der Waals surface area contributed by atoms with Crippen LogP contribution in [0.4, 0.5) is 0 Å². The summed E-state index contributed by atoms with van der Waals surface area (Å²) in [5.74, 6) is 0.515. The van der Waals surface area contributed by atoms with Gasteiger partial charge in [0.05, 0.1) is 32.5 Å². The SMILES string of the molecule is COc1ccc(OC)c(S(=O)(=O)N2CCN(C(=O)c3cnn(Cc4ccccc4)c3)CC2)c1. The lowest BCUT2D eigenvalue weighted by molar-refractivity contribution is 0.0697. The van der Waals surface area contributed by atoms with Crippen molar-refractivity contribution < 1.29 is 22.7 Å². The van der Waals surface area contributed by atoms with Gasteiger partial charge >= 0.3 is 0 Å². The topological polar surface area (TPSA) is 94.0 Å². The van der Waals surface area contributed by atoms with E-state index in [1.807, 2.05) is 30.3 Å². The van der Waals surface area contributed by atoms with Crippen molar-refractivity contribution >= 4 is 15.9 Å². The molecule has 9 nitrogen and oxygen atoms in total. The van der Waals surface area contributed by atoms with E-state index in [2.05, 4.69) is 5.10 Å². The van der Waals surface area contributed by atoms with Crippen molar-refractivity contribution in [1.29, 1.82) is 0 Å². The first-order valence-corrected chi connectivity index (χ1v) is 11.9. The van der Waals surface area contributed by atoms with Gasteiger partial charge in [0, 0.05) is 38.4 Å². The molecule has 3 aromatic rings. The molecule has 33 heavy (non-hydrogen) atoms. The fraction of sp³-hybridized carbons (Fsp3) is 0.304. The van der Waals surface area contributed by atoms with E-state index in [-0.39, 0.29) is 42.7 Å². The molecule has 1 aromatic heterocycles. The lowest BCUT2D eigenvalue weighted by atomic mass is 10.2. The molecule has 0 N–H and O–H groups in total. The van der Waals surface area contributed by atoms with Crippen molar-refractivity contribution in [1.82, 2.24) is 19.0 Å². The van der Waals surface area contributed by atoms with E-state index >= 15 is 0 Å². The number of hydrogen-bond donors (Lipinski definition) is 0. The molecule has 2 heterocycles. The van der Waals surface area contributed by atoms with Crippen LogP contribution in [0.25, 0.3) is 0 Å². The highest BCUT2D eigenvalue weighted by Gasteiger charge is 2.33. The number of hydrogen-bond acceptors (Lipinski definition) is 6. The average Bonchev–Trinajstić information content (AvgIpc) is 3.32. The number of rotatable bonds is 7. The van der Waals surface area contributed by atoms with Crippen LogP contribution in [0.1, 0.15) is 15.9 Å². The van der Waals surface area contributed by atoms with Gasteiger partial charge < -0.3 is 14.4 Å². The minimum Gasteiger partial charge on any atom is -0.497 e. The summed E-state index contributed by atoms with van der Waals surface area (Å²) < 4.78 is 40.0. The van der Waals surface area contributed by atoms with E-state index in [0.717, 1.165) is 5.56 Å². The molecule has 0 bridgehead atoms. The van der Waals surface area contributed by atoms with Gasteiger partial charge in [-0.3, -0.25) is 9.48 Å². The van der Waals surface area contributed by atoms with Gasteiger partial charge in [-0.2, -0.15) is 9.40 Å². The fourth-order valence-corrected chi connectivity index (χ4v) is 5.36. The molecule has 1 aliphatic heterocycles. The normalized spacial score (nSPS) is 14.8. The zero-order chi connectivity index (χ0) is 23.4. The summed E-state index contributed by atoms with van der Waals surface area (Å²) in [6.45, 7) is 1.52. The second kappa shape index (κ2) is 9.63. The lowest BCUT2D eigenvalue weighted by Gasteiger charge is -2.34. The number of sulfonamides is 1. The predicted molar refractivity (Wildman–Crippen MR) is 122 cm³/mol. The van der Waals surface area contributed by atoms with Crippen molar-refractivity contribution in [2.45, 2.75) is 11.4 Å². The van der Waals surface area contributed by atoms with E-state index < -0.39 is 10.0 Å². The van der Waals surface area contributed by atoms with Crippen molar-refractivity contribution in [3.63, 3.8) is 0 Å². The van der Waals surface area contributed by atoms with Gasteiger partial charge in [0.2, 0.25) is 10.0 Å². The number of ether oxygens (including phenoxy) is 2. The zero-order valence-corrected chi connectivity index (χ0v) is 19.4. The molecule has 0 saturated carbocycles. The molecule has 4 rings (SSSR count). The van der Waals surface area contributed by atoms with Crippen LogP contribution >= 0.6 is 0 Å². The number of carbonyl (C=O) groups excluding carboxylic acids is 1. The minimum atomic E-state index is -3.81. The second-order valence-electron chi connectivity index (χ2n) is 7.63. The van der Waals surface area contributed by atoms with Gasteiger partial charge in [-0.15, -0.1) is 0 Å². The molecule has 174 valence electrons. The number of amides is 1. The molecule has 10 heteroatoms. The molecular weight excluding hydrogens is 444 g/mol. The highest BCUT2D eigenvalue weighted by molar-refractivity contribution is 7.89. The monoisotopic (exact) mass is 470 g/mol. The third-order valence-electron chi connectivity index (χ3n) is 5.58. The maximum absolute atomic E-state index is 13.2. The standard InChI is InChI=1S/C23H26N4O5S/c1-31-20-8-9-21(32-2)22(14-20)33(29,30)27-12-10-25(11-13-27)23(28)19-15-24-26(17-19)16-18-6-4-3-5-7-18/h3-9,14-15,17H,10-13,16H2,1-2H3. The molecule has 0 radical (unpaired) electrons. The van der Waals surface area contributed by atoms with Crippen LogP contribution in [0.5, 0.6) is 11.5 Å². The van der Waals surface area contributed by atoms with Crippen LogP contribution in [0.3, 0.4) is 0 Å². The highest BCUT2D eigenvalue weighted by atomic mass is 32.2. The van der Waals surface area contributed by atoms with E-state index in [1.54, 1.807) is 34.1 Å². The molecule has 1 amide bonds. The first kappa shape index (κ1) is 22.8. The molecule has 1 saturated heterocycles. The maximum Gasteiger partial charge on any atom is 0.257 e. The summed E-state index contributed by atoms with van der Waals surface area (Å²) in [4.78, 5) is 14.6. The Labute approximate surface area is 193 Å². The second-order valence-corrected chi connectivity index (χ2v) is 9.53. The number of methoxy groups -OCH3 is 2. The van der Waals surface area contributed by atoms with Gasteiger partial charge in [0.1, 0.15) is 16.4 Å². The molecule has 0 atom stereocenters. The quantitative estimate of drug-likeness (QED) is 0.525. The lowest BCUT2D eigenvalue weighted by Crippen LogP contribution is -2.50. The van der Waals surface area contributed by atoms with Gasteiger partial charge in [0.15, 0.2) is 0 Å². The Morgan fingerprint density at radius 1 is 1.00 bits per heavy atom. The van der Waals surface area contributed by atoms with Crippen molar-refractivity contribution in [3.05, 3.63) is 72.1 Å². The van der Waals surface area contributed by atoms with Crippen LogP contribution in [0, 0.1) is 0 Å². The Bertz CT molecular complexity index is 1220. The van der Waals surface area contributed by atoms with Gasteiger partial charge in [0.25, 0.3) is 5.91 Å². The fourth-order valence-electron chi connectivity index (χ4n) is 3.77. The minimum absolute atomic E-state index is 0.0475. The van der Waals surface area contributed by atoms with Crippen LogP contribution in [0.2, 0.25) is 0 Å². The predicted octanol–water partition coefficient (Wildman–Crippen LogP) is 2.10. The van der Waals surface area contributed by atoms with Crippen LogP contribution in [-0.4, -0.2) is 73.7 Å². The Hall–Kier alpha value is -3.37. The molecule has 1 aliphatic rings. The molecular formula is C23H26N4O5S. The molecule has 0 spiro atoms. The smallest absolute Gasteiger partial charge is 0.257 e. The summed E-state index contributed by atoms with van der Waals surface area (Å²) in [5, 5.41) is 4.29. The third kappa shape index (κ3) is 4.86. The molecule has 2 aromatic carbocycles. The van der Waals surface area contributed by atoms with Gasteiger partial charge in [-0.1, -0.05) is 30.3 Å². The Balaban J connectivity index is 1.42. The molecule has 0 aliphatic carbocycles. The summed E-state index contributed by atoms with van der Waals surface area (Å²) in [7, 11) is -0.905. The van der Waals surface area contributed by atoms with Crippen LogP contribution in [-0.2, 0) is 16.6 Å². The number of aromatic nitrogens is 2. The summed E-state index contributed by atoms with van der Waals surface area (Å²) in [5.41, 5.74) is 1.57. The van der Waals surface area contributed by atoms with Crippen molar-refractivity contribution in [2.75, 3.05) is 40.4 Å². The summed E-state index contributed by atoms with van der Waals surface area (Å²) >= 11 is 0. The number of benzene rings is 2. The third-order valence-corrected chi connectivity index (χ3v) is 7.50. The maximum atomic E-state index is 13.2. The molecule has 0 unspecified atom stereocenters. The Morgan fingerprint density at radius 3 is 2.39 bits per heavy atom. The van der Waals surface area contributed by atoms with Crippen molar-refractivity contribution in [3.8, 4) is 11.5 Å². The van der Waals surface area contributed by atoms with E-state index in [0.29, 0.717) is 17.9 Å². The first-order chi connectivity index (χ1) is 15.9. The largest absolute Gasteiger partial charge is 0.497 e. The zero-order valence-electron chi connectivity index (χ0n) is 18.5. The number of nitrogens with zero attached hydrogens (tertiary/aromatic N) is 4. The van der Waals surface area contributed by atoms with E-state index in [1.165, 1.54) is 24.6 Å². The van der Waals surface area contributed by atoms with E-state index in [4.69, 9.17) is 9.47 Å². The Morgan fingerprint density at radius 2 is 1.73 bits per heavy atom. The van der Waals surface area contributed by atoms with Crippen LogP contribution in [0.15, 0.2) is 65.8 Å². The van der Waals surface area contributed by atoms with E-state index in [9.17, 15) is 13.2 Å². The Kier molecular flexibility index (Phi) is 6.66. The highest BCUT2D eigenvalue weighted by Crippen LogP contribution is 2.31.